The van der Waals surface area contributed by atoms with Crippen molar-refractivity contribution in [1.82, 2.24) is 10.2 Å². The number of hydrogen-bond donors (Lipinski definition) is 1. The number of hydrogen-bond acceptors (Lipinski definition) is 2. The minimum absolute atomic E-state index is 0.732. The predicted molar refractivity (Wildman–Crippen MR) is 74.1 cm³/mol. The van der Waals surface area contributed by atoms with E-state index in [1.54, 1.807) is 0 Å². The van der Waals surface area contributed by atoms with Gasteiger partial charge in [-0.05, 0) is 63.5 Å². The highest BCUT2D eigenvalue weighted by Gasteiger charge is 2.34. The molecule has 0 aromatic carbocycles. The Morgan fingerprint density at radius 1 is 1.12 bits per heavy atom. The van der Waals surface area contributed by atoms with E-state index in [0.29, 0.717) is 0 Å². The first-order chi connectivity index (χ1) is 8.10. The molecule has 2 saturated carbocycles. The zero-order valence-electron chi connectivity index (χ0n) is 12.1. The summed E-state index contributed by atoms with van der Waals surface area (Å²) in [6.07, 6.45) is 5.72. The van der Waals surface area contributed by atoms with Gasteiger partial charge in [0.15, 0.2) is 0 Å². The summed E-state index contributed by atoms with van der Waals surface area (Å²) in [4.78, 5) is 2.58. The lowest BCUT2D eigenvalue weighted by Gasteiger charge is -2.41. The molecule has 0 aromatic rings. The lowest BCUT2D eigenvalue weighted by molar-refractivity contribution is 0.113. The largest absolute Gasteiger partial charge is 0.317 e. The Kier molecular flexibility index (Phi) is 4.48. The van der Waals surface area contributed by atoms with Crippen molar-refractivity contribution in [2.75, 3.05) is 27.2 Å². The van der Waals surface area contributed by atoms with Gasteiger partial charge in [0, 0.05) is 19.1 Å². The molecule has 4 unspecified atom stereocenters. The third-order valence-electron chi connectivity index (χ3n) is 4.84. The summed E-state index contributed by atoms with van der Waals surface area (Å²) >= 11 is 0. The molecule has 2 fully saturated rings. The van der Waals surface area contributed by atoms with Gasteiger partial charge in [-0.3, -0.25) is 0 Å². The molecular weight excluding hydrogens is 208 g/mol. The molecule has 0 aromatic heterocycles. The summed E-state index contributed by atoms with van der Waals surface area (Å²) in [5.74, 6) is 3.64. The van der Waals surface area contributed by atoms with Crippen LogP contribution >= 0.6 is 0 Å². The molecule has 2 aliphatic rings. The molecular formula is C15H30N2. The van der Waals surface area contributed by atoms with Crippen molar-refractivity contribution in [3.8, 4) is 0 Å². The second-order valence-electron chi connectivity index (χ2n) is 6.78. The topological polar surface area (TPSA) is 15.3 Å². The van der Waals surface area contributed by atoms with Crippen LogP contribution in [0.2, 0.25) is 0 Å². The monoisotopic (exact) mass is 238 g/mol. The van der Waals surface area contributed by atoms with Crippen LogP contribution in [0.5, 0.6) is 0 Å². The lowest BCUT2D eigenvalue weighted by Crippen LogP contribution is -2.47. The minimum Gasteiger partial charge on any atom is -0.317 e. The van der Waals surface area contributed by atoms with Crippen LogP contribution in [0.15, 0.2) is 0 Å². The number of nitrogens with one attached hydrogen (secondary N) is 1. The molecule has 0 heterocycles. The van der Waals surface area contributed by atoms with Crippen LogP contribution in [-0.4, -0.2) is 38.1 Å². The summed E-state index contributed by atoms with van der Waals surface area (Å²) in [7, 11) is 4.46. The standard InChI is InChI=1S/C15H30N2/c1-11-7-12(2)14(15(8-11)16-3)10-17(4)9-13-5-6-13/h11-16H,5-10H2,1-4H3. The maximum Gasteiger partial charge on any atom is 0.0110 e. The van der Waals surface area contributed by atoms with Gasteiger partial charge in [0.2, 0.25) is 0 Å². The van der Waals surface area contributed by atoms with Crippen molar-refractivity contribution in [3.63, 3.8) is 0 Å². The van der Waals surface area contributed by atoms with Crippen molar-refractivity contribution in [2.24, 2.45) is 23.7 Å². The summed E-state index contributed by atoms with van der Waals surface area (Å²) in [5, 5.41) is 3.56. The van der Waals surface area contributed by atoms with Crippen LogP contribution in [0, 0.1) is 23.7 Å². The van der Waals surface area contributed by atoms with Gasteiger partial charge < -0.3 is 10.2 Å². The van der Waals surface area contributed by atoms with Crippen molar-refractivity contribution in [2.45, 2.75) is 45.6 Å². The summed E-state index contributed by atoms with van der Waals surface area (Å²) in [6, 6.07) is 0.732. The molecule has 2 aliphatic carbocycles. The van der Waals surface area contributed by atoms with Gasteiger partial charge in [-0.1, -0.05) is 13.8 Å². The molecule has 0 amide bonds. The Hall–Kier alpha value is -0.0800. The molecule has 0 bridgehead atoms. The molecule has 2 nitrogen and oxygen atoms in total. The van der Waals surface area contributed by atoms with Crippen LogP contribution in [0.3, 0.4) is 0 Å². The number of rotatable bonds is 5. The molecule has 0 radical (unpaired) electrons. The first kappa shape index (κ1) is 13.4. The van der Waals surface area contributed by atoms with E-state index < -0.39 is 0 Å². The van der Waals surface area contributed by atoms with E-state index in [2.05, 4.69) is 38.2 Å². The molecule has 17 heavy (non-hydrogen) atoms. The summed E-state index contributed by atoms with van der Waals surface area (Å²) < 4.78 is 0. The molecule has 1 N–H and O–H groups in total. The van der Waals surface area contributed by atoms with Gasteiger partial charge in [0.25, 0.3) is 0 Å². The summed E-state index contributed by atoms with van der Waals surface area (Å²) in [5.41, 5.74) is 0. The number of nitrogens with zero attached hydrogens (tertiary/aromatic N) is 1. The van der Waals surface area contributed by atoms with Gasteiger partial charge >= 0.3 is 0 Å². The zero-order chi connectivity index (χ0) is 12.4. The summed E-state index contributed by atoms with van der Waals surface area (Å²) in [6.45, 7) is 7.48. The molecule has 2 heteroatoms. The Morgan fingerprint density at radius 3 is 2.41 bits per heavy atom. The Morgan fingerprint density at radius 2 is 1.82 bits per heavy atom. The average molecular weight is 238 g/mol. The maximum atomic E-state index is 3.56. The lowest BCUT2D eigenvalue weighted by atomic mass is 9.72. The SMILES string of the molecule is CNC1CC(C)CC(C)C1CN(C)CC1CC1. The van der Waals surface area contributed by atoms with E-state index in [0.717, 1.165) is 29.7 Å². The van der Waals surface area contributed by atoms with Crippen LogP contribution in [0.4, 0.5) is 0 Å². The quantitative estimate of drug-likeness (QED) is 0.792. The van der Waals surface area contributed by atoms with Crippen LogP contribution in [0.25, 0.3) is 0 Å². The Bertz CT molecular complexity index is 237. The van der Waals surface area contributed by atoms with Gasteiger partial charge in [-0.2, -0.15) is 0 Å². The van der Waals surface area contributed by atoms with Crippen molar-refractivity contribution in [3.05, 3.63) is 0 Å². The highest BCUT2D eigenvalue weighted by atomic mass is 15.1. The van der Waals surface area contributed by atoms with E-state index in [1.807, 2.05) is 0 Å². The van der Waals surface area contributed by atoms with E-state index in [9.17, 15) is 0 Å². The third kappa shape index (κ3) is 3.69. The minimum atomic E-state index is 0.732. The smallest absolute Gasteiger partial charge is 0.0110 e. The van der Waals surface area contributed by atoms with Crippen LogP contribution in [-0.2, 0) is 0 Å². The van der Waals surface area contributed by atoms with Crippen molar-refractivity contribution < 1.29 is 0 Å². The van der Waals surface area contributed by atoms with E-state index in [4.69, 9.17) is 0 Å². The van der Waals surface area contributed by atoms with Gasteiger partial charge in [-0.15, -0.1) is 0 Å². The van der Waals surface area contributed by atoms with Crippen molar-refractivity contribution in [1.29, 1.82) is 0 Å². The third-order valence-corrected chi connectivity index (χ3v) is 4.84. The van der Waals surface area contributed by atoms with E-state index in [1.165, 1.54) is 38.8 Å². The zero-order valence-corrected chi connectivity index (χ0v) is 12.1. The second kappa shape index (κ2) is 5.71. The van der Waals surface area contributed by atoms with Gasteiger partial charge in [0.1, 0.15) is 0 Å². The second-order valence-corrected chi connectivity index (χ2v) is 6.78. The predicted octanol–water partition coefficient (Wildman–Crippen LogP) is 2.60. The van der Waals surface area contributed by atoms with Crippen LogP contribution in [0.1, 0.15) is 39.5 Å². The molecule has 0 aliphatic heterocycles. The molecule has 0 spiro atoms. The fraction of sp³-hybridized carbons (Fsp3) is 1.00. The molecule has 2 rings (SSSR count). The van der Waals surface area contributed by atoms with E-state index >= 15 is 0 Å². The maximum absolute atomic E-state index is 3.56. The highest BCUT2D eigenvalue weighted by Crippen LogP contribution is 2.35. The fourth-order valence-corrected chi connectivity index (χ4v) is 3.73. The van der Waals surface area contributed by atoms with E-state index in [-0.39, 0.29) is 0 Å². The molecule has 100 valence electrons. The van der Waals surface area contributed by atoms with Gasteiger partial charge in [0.05, 0.1) is 0 Å². The fourth-order valence-electron chi connectivity index (χ4n) is 3.73. The Balaban J connectivity index is 1.86. The first-order valence-corrected chi connectivity index (χ1v) is 7.46. The van der Waals surface area contributed by atoms with Crippen molar-refractivity contribution >= 4 is 0 Å². The molecule has 0 saturated heterocycles. The molecule has 4 atom stereocenters. The average Bonchev–Trinajstić information content (AvgIpc) is 3.05. The Labute approximate surface area is 107 Å². The first-order valence-electron chi connectivity index (χ1n) is 7.46. The van der Waals surface area contributed by atoms with Crippen LogP contribution < -0.4 is 5.32 Å². The normalized spacial score (nSPS) is 38.6. The van der Waals surface area contributed by atoms with Gasteiger partial charge in [-0.25, -0.2) is 0 Å². The highest BCUT2D eigenvalue weighted by molar-refractivity contribution is 4.89.